The molecule has 0 saturated heterocycles. The molecule has 2 aromatic rings. The van der Waals surface area contributed by atoms with E-state index in [9.17, 15) is 4.79 Å². The van der Waals surface area contributed by atoms with Crippen LogP contribution in [0.3, 0.4) is 0 Å². The third kappa shape index (κ3) is 1.79. The van der Waals surface area contributed by atoms with Gasteiger partial charge in [-0.2, -0.15) is 0 Å². The molecule has 2 rings (SSSR count). The molecule has 0 atom stereocenters. The Morgan fingerprint density at radius 3 is 2.93 bits per heavy atom. The Morgan fingerprint density at radius 2 is 2.33 bits per heavy atom. The van der Waals surface area contributed by atoms with Crippen LogP contribution in [-0.2, 0) is 0 Å². The van der Waals surface area contributed by atoms with E-state index in [-0.39, 0.29) is 10.8 Å². The number of hydrogen-bond donors (Lipinski definition) is 1. The number of carboxylic acids is 1. The van der Waals surface area contributed by atoms with Crippen LogP contribution in [0.4, 0.5) is 0 Å². The van der Waals surface area contributed by atoms with Gasteiger partial charge in [-0.1, -0.05) is 16.8 Å². The van der Waals surface area contributed by atoms with Crippen LogP contribution >= 0.6 is 11.6 Å². The predicted octanol–water partition coefficient (Wildman–Crippen LogP) is 1.01. The number of halogens is 1. The molecule has 0 aliphatic heterocycles. The van der Waals surface area contributed by atoms with Crippen LogP contribution in [0.25, 0.3) is 5.69 Å². The second kappa shape index (κ2) is 3.66. The van der Waals surface area contributed by atoms with Crippen molar-refractivity contribution in [2.75, 3.05) is 0 Å². The zero-order chi connectivity index (χ0) is 10.8. The van der Waals surface area contributed by atoms with Crippen molar-refractivity contribution in [2.24, 2.45) is 0 Å². The Hall–Kier alpha value is -1.95. The number of carbonyl (C=O) groups is 1. The summed E-state index contributed by atoms with van der Waals surface area (Å²) >= 11 is 5.80. The molecule has 0 fully saturated rings. The number of rotatable bonds is 2. The molecule has 76 valence electrons. The topological polar surface area (TPSA) is 80.9 Å². The molecule has 0 aliphatic carbocycles. The summed E-state index contributed by atoms with van der Waals surface area (Å²) in [7, 11) is 0. The van der Waals surface area contributed by atoms with Gasteiger partial charge in [0.2, 0.25) is 0 Å². The van der Waals surface area contributed by atoms with E-state index in [1.807, 2.05) is 0 Å². The molecule has 0 aromatic carbocycles. The molecule has 0 unspecified atom stereocenters. The van der Waals surface area contributed by atoms with Crippen LogP contribution < -0.4 is 0 Å². The molecule has 2 aromatic heterocycles. The van der Waals surface area contributed by atoms with E-state index in [4.69, 9.17) is 16.7 Å². The summed E-state index contributed by atoms with van der Waals surface area (Å²) in [5.74, 6) is -1.14. The monoisotopic (exact) mass is 224 g/mol. The van der Waals surface area contributed by atoms with Gasteiger partial charge in [-0.3, -0.25) is 0 Å². The highest BCUT2D eigenvalue weighted by molar-refractivity contribution is 6.31. The van der Waals surface area contributed by atoms with Crippen LogP contribution in [0, 0.1) is 0 Å². The first kappa shape index (κ1) is 9.60. The highest BCUT2D eigenvalue weighted by atomic mass is 35.5. The highest BCUT2D eigenvalue weighted by Crippen LogP contribution is 2.15. The number of pyridine rings is 1. The van der Waals surface area contributed by atoms with Gasteiger partial charge in [0.1, 0.15) is 5.69 Å². The summed E-state index contributed by atoms with van der Waals surface area (Å²) in [4.78, 5) is 14.4. The SMILES string of the molecule is O=C(O)c1cn(-c2cccnc2Cl)nn1. The van der Waals surface area contributed by atoms with E-state index < -0.39 is 5.97 Å². The maximum Gasteiger partial charge on any atom is 0.358 e. The second-order valence-corrected chi connectivity index (χ2v) is 3.02. The van der Waals surface area contributed by atoms with Gasteiger partial charge in [0.05, 0.1) is 6.20 Å². The lowest BCUT2D eigenvalue weighted by Gasteiger charge is -1.99. The van der Waals surface area contributed by atoms with Crippen molar-refractivity contribution in [3.63, 3.8) is 0 Å². The molecule has 15 heavy (non-hydrogen) atoms. The fourth-order valence-electron chi connectivity index (χ4n) is 1.03. The Morgan fingerprint density at radius 1 is 1.53 bits per heavy atom. The van der Waals surface area contributed by atoms with Gasteiger partial charge in [0.25, 0.3) is 0 Å². The number of hydrogen-bond acceptors (Lipinski definition) is 4. The molecule has 0 spiro atoms. The lowest BCUT2D eigenvalue weighted by atomic mass is 10.4. The molecule has 0 aliphatic rings. The second-order valence-electron chi connectivity index (χ2n) is 2.67. The predicted molar refractivity (Wildman–Crippen MR) is 51.1 cm³/mol. The first-order valence-corrected chi connectivity index (χ1v) is 4.33. The van der Waals surface area contributed by atoms with Gasteiger partial charge in [-0.05, 0) is 12.1 Å². The average molecular weight is 225 g/mol. The molecule has 1 N–H and O–H groups in total. The fourth-order valence-corrected chi connectivity index (χ4v) is 1.23. The van der Waals surface area contributed by atoms with E-state index in [0.29, 0.717) is 5.69 Å². The summed E-state index contributed by atoms with van der Waals surface area (Å²) in [5.41, 5.74) is 0.342. The number of carboxylic acid groups (broad SMARTS) is 1. The van der Waals surface area contributed by atoms with E-state index in [0.717, 1.165) is 0 Å². The first-order valence-electron chi connectivity index (χ1n) is 3.95. The lowest BCUT2D eigenvalue weighted by Crippen LogP contribution is -1.97. The largest absolute Gasteiger partial charge is 0.476 e. The van der Waals surface area contributed by atoms with Crippen molar-refractivity contribution in [1.29, 1.82) is 0 Å². The van der Waals surface area contributed by atoms with E-state index in [1.165, 1.54) is 17.1 Å². The Kier molecular flexibility index (Phi) is 2.34. The quantitative estimate of drug-likeness (QED) is 0.770. The number of nitrogens with zero attached hydrogens (tertiary/aromatic N) is 4. The minimum absolute atomic E-state index is 0.144. The highest BCUT2D eigenvalue weighted by Gasteiger charge is 2.10. The molecular weight excluding hydrogens is 220 g/mol. The van der Waals surface area contributed by atoms with Gasteiger partial charge in [0, 0.05) is 6.20 Å². The van der Waals surface area contributed by atoms with Crippen LogP contribution in [0.15, 0.2) is 24.5 Å². The minimum atomic E-state index is -1.14. The van der Waals surface area contributed by atoms with Crippen molar-refractivity contribution in [1.82, 2.24) is 20.0 Å². The van der Waals surface area contributed by atoms with E-state index >= 15 is 0 Å². The standard InChI is InChI=1S/C8H5ClN4O2/c9-7-6(2-1-3-10-7)13-4-5(8(14)15)11-12-13/h1-4H,(H,14,15). The average Bonchev–Trinajstić information content (AvgIpc) is 2.67. The Bertz CT molecular complexity index is 511. The lowest BCUT2D eigenvalue weighted by molar-refractivity contribution is 0.0690. The summed E-state index contributed by atoms with van der Waals surface area (Å²) < 4.78 is 1.26. The van der Waals surface area contributed by atoms with E-state index in [2.05, 4.69) is 15.3 Å². The summed E-state index contributed by atoms with van der Waals surface area (Å²) in [5, 5.41) is 16.0. The van der Waals surface area contributed by atoms with Crippen LogP contribution in [-0.4, -0.2) is 31.1 Å². The van der Waals surface area contributed by atoms with Crippen molar-refractivity contribution >= 4 is 17.6 Å². The minimum Gasteiger partial charge on any atom is -0.476 e. The zero-order valence-electron chi connectivity index (χ0n) is 7.33. The maximum atomic E-state index is 10.6. The molecule has 0 amide bonds. The Labute approximate surface area is 89.1 Å². The first-order chi connectivity index (χ1) is 7.18. The zero-order valence-corrected chi connectivity index (χ0v) is 8.09. The van der Waals surface area contributed by atoms with Gasteiger partial charge < -0.3 is 5.11 Å². The molecule has 0 radical (unpaired) electrons. The van der Waals surface area contributed by atoms with Gasteiger partial charge >= 0.3 is 5.97 Å². The maximum absolute atomic E-state index is 10.6. The van der Waals surface area contributed by atoms with Gasteiger partial charge in [0.15, 0.2) is 10.8 Å². The van der Waals surface area contributed by atoms with Gasteiger partial charge in [-0.15, -0.1) is 5.10 Å². The van der Waals surface area contributed by atoms with Crippen molar-refractivity contribution in [3.8, 4) is 5.69 Å². The third-order valence-electron chi connectivity index (χ3n) is 1.70. The normalized spacial score (nSPS) is 10.2. The summed E-state index contributed by atoms with van der Waals surface area (Å²) in [6.45, 7) is 0. The van der Waals surface area contributed by atoms with E-state index in [1.54, 1.807) is 12.1 Å². The van der Waals surface area contributed by atoms with Crippen LogP contribution in [0.1, 0.15) is 10.5 Å². The number of aromatic nitrogens is 4. The van der Waals surface area contributed by atoms with Crippen LogP contribution in [0.5, 0.6) is 0 Å². The van der Waals surface area contributed by atoms with Crippen molar-refractivity contribution in [2.45, 2.75) is 0 Å². The third-order valence-corrected chi connectivity index (χ3v) is 1.99. The summed E-state index contributed by atoms with van der Waals surface area (Å²) in [6.07, 6.45) is 2.80. The molecule has 6 nitrogen and oxygen atoms in total. The van der Waals surface area contributed by atoms with Crippen LogP contribution in [0.2, 0.25) is 5.15 Å². The summed E-state index contributed by atoms with van der Waals surface area (Å²) in [6, 6.07) is 3.33. The fraction of sp³-hybridized carbons (Fsp3) is 0. The number of aromatic carboxylic acids is 1. The molecule has 0 bridgehead atoms. The molecule has 2 heterocycles. The molecular formula is C8H5ClN4O2. The molecule has 0 saturated carbocycles. The molecule has 7 heteroatoms. The van der Waals surface area contributed by atoms with Gasteiger partial charge in [-0.25, -0.2) is 14.5 Å². The Balaban J connectivity index is 2.46. The van der Waals surface area contributed by atoms with Crippen molar-refractivity contribution in [3.05, 3.63) is 35.4 Å². The van der Waals surface area contributed by atoms with Crippen molar-refractivity contribution < 1.29 is 9.90 Å². The smallest absolute Gasteiger partial charge is 0.358 e.